The second-order valence-electron chi connectivity index (χ2n) is 9.76. The number of hydrogen-bond donors (Lipinski definition) is 3. The van der Waals surface area contributed by atoms with Crippen LogP contribution in [0.5, 0.6) is 0 Å². The van der Waals surface area contributed by atoms with Crippen molar-refractivity contribution in [1.82, 2.24) is 30.5 Å². The molecule has 4 aromatic heterocycles. The summed E-state index contributed by atoms with van der Waals surface area (Å²) in [5.41, 5.74) is 7.17. The number of hydrogen-bond acceptors (Lipinski definition) is 5. The molecule has 0 aliphatic rings. The molecule has 0 unspecified atom stereocenters. The number of aryl methyl sites for hydroxylation is 1. The van der Waals surface area contributed by atoms with Gasteiger partial charge in [-0.25, -0.2) is 9.37 Å². The quantitative estimate of drug-likeness (QED) is 0.157. The highest BCUT2D eigenvalue weighted by molar-refractivity contribution is 7.15. The summed E-state index contributed by atoms with van der Waals surface area (Å²) in [6.45, 7) is 9.39. The van der Waals surface area contributed by atoms with Crippen molar-refractivity contribution < 1.29 is 4.39 Å². The van der Waals surface area contributed by atoms with Crippen molar-refractivity contribution in [3.05, 3.63) is 119 Å². The fourth-order valence-electron chi connectivity index (χ4n) is 4.88. The Morgan fingerprint density at radius 2 is 1.95 bits per heavy atom. The van der Waals surface area contributed by atoms with Crippen molar-refractivity contribution in [3.63, 3.8) is 0 Å². The topological polar surface area (TPSA) is 82.3 Å². The Morgan fingerprint density at radius 1 is 1.10 bits per heavy atom. The SMILES string of the molecule is C=C/C(=C\C(=C/C)c1cc(F)c2n[nH]c(-c3nc4c(-c5ccc(C)s5)nccc4[nH]3)c2c1)CNCc1ccccc1. The van der Waals surface area contributed by atoms with Gasteiger partial charge in [0, 0.05) is 29.5 Å². The average molecular weight is 561 g/mol. The fraction of sp³-hybridized carbons (Fsp3) is 0.121. The molecule has 6 nitrogen and oxygen atoms in total. The number of fused-ring (bicyclic) bond motifs is 2. The van der Waals surface area contributed by atoms with Gasteiger partial charge in [-0.1, -0.05) is 55.1 Å². The number of nitrogens with zero attached hydrogens (tertiary/aromatic N) is 3. The maximum atomic E-state index is 15.4. The highest BCUT2D eigenvalue weighted by Gasteiger charge is 2.19. The molecule has 0 atom stereocenters. The lowest BCUT2D eigenvalue weighted by Crippen LogP contribution is -2.15. The maximum absolute atomic E-state index is 15.4. The first-order valence-electron chi connectivity index (χ1n) is 13.4. The van der Waals surface area contributed by atoms with Crippen molar-refractivity contribution in [2.24, 2.45) is 0 Å². The molecule has 8 heteroatoms. The monoisotopic (exact) mass is 560 g/mol. The van der Waals surface area contributed by atoms with E-state index in [2.05, 4.69) is 63.3 Å². The molecule has 41 heavy (non-hydrogen) atoms. The standard InChI is InChI=1S/C33H29FN6S/c1-4-21(18-35-19-22-9-7-6-8-10-22)15-23(5-2)24-16-25-29(26(34)17-24)39-40-30(25)33-37-27-13-14-36-32(31(27)38-33)28-12-11-20(3)41-28/h4-17,35H,1,18-19H2,2-3H3,(H,37,38)(H,39,40)/b21-15+,23-5+. The molecule has 4 heterocycles. The van der Waals surface area contributed by atoms with Gasteiger partial charge in [0.25, 0.3) is 0 Å². The molecule has 0 amide bonds. The number of aromatic amines is 2. The van der Waals surface area contributed by atoms with Crippen LogP contribution >= 0.6 is 11.3 Å². The average Bonchev–Trinajstić information content (AvgIpc) is 3.73. The first kappa shape index (κ1) is 26.6. The normalized spacial score (nSPS) is 12.5. The maximum Gasteiger partial charge on any atom is 0.157 e. The minimum absolute atomic E-state index is 0.268. The van der Waals surface area contributed by atoms with Gasteiger partial charge >= 0.3 is 0 Å². The van der Waals surface area contributed by atoms with Crippen LogP contribution in [0, 0.1) is 12.7 Å². The molecule has 0 spiro atoms. The minimum atomic E-state index is -0.400. The van der Waals surface area contributed by atoms with Crippen molar-refractivity contribution >= 4 is 38.8 Å². The van der Waals surface area contributed by atoms with E-state index in [1.807, 2.05) is 55.5 Å². The van der Waals surface area contributed by atoms with Gasteiger partial charge in [-0.05, 0) is 66.5 Å². The van der Waals surface area contributed by atoms with E-state index in [9.17, 15) is 0 Å². The summed E-state index contributed by atoms with van der Waals surface area (Å²) in [6.07, 6.45) is 7.61. The predicted molar refractivity (Wildman–Crippen MR) is 167 cm³/mol. The Hall–Kier alpha value is -4.66. The summed E-state index contributed by atoms with van der Waals surface area (Å²) in [5, 5.41) is 11.4. The van der Waals surface area contributed by atoms with E-state index in [-0.39, 0.29) is 5.52 Å². The Bertz CT molecular complexity index is 1930. The number of pyridine rings is 1. The van der Waals surface area contributed by atoms with Crippen molar-refractivity contribution in [3.8, 4) is 22.1 Å². The summed E-state index contributed by atoms with van der Waals surface area (Å²) in [7, 11) is 0. The smallest absolute Gasteiger partial charge is 0.157 e. The largest absolute Gasteiger partial charge is 0.337 e. The van der Waals surface area contributed by atoms with E-state index in [4.69, 9.17) is 4.98 Å². The number of H-pyrrole nitrogens is 2. The third kappa shape index (κ3) is 5.39. The van der Waals surface area contributed by atoms with Crippen LogP contribution in [0.1, 0.15) is 22.9 Å². The lowest BCUT2D eigenvalue weighted by atomic mass is 10.00. The van der Waals surface area contributed by atoms with Crippen LogP contribution in [-0.4, -0.2) is 31.7 Å². The summed E-state index contributed by atoms with van der Waals surface area (Å²) in [4.78, 5) is 15.1. The third-order valence-electron chi connectivity index (χ3n) is 6.97. The van der Waals surface area contributed by atoms with Crippen LogP contribution in [0.2, 0.25) is 0 Å². The van der Waals surface area contributed by atoms with E-state index in [0.717, 1.165) is 44.9 Å². The molecule has 3 N–H and O–H groups in total. The third-order valence-corrected chi connectivity index (χ3v) is 7.98. The number of allylic oxidation sites excluding steroid dienone is 3. The molecule has 6 aromatic rings. The molecule has 0 radical (unpaired) electrons. The lowest BCUT2D eigenvalue weighted by Gasteiger charge is -2.09. The van der Waals surface area contributed by atoms with E-state index < -0.39 is 5.82 Å². The van der Waals surface area contributed by atoms with Crippen molar-refractivity contribution in [2.75, 3.05) is 6.54 Å². The zero-order valence-corrected chi connectivity index (χ0v) is 23.6. The van der Waals surface area contributed by atoms with Gasteiger partial charge in [-0.3, -0.25) is 10.1 Å². The summed E-state index contributed by atoms with van der Waals surface area (Å²) in [5.74, 6) is 0.179. The number of aromatic nitrogens is 5. The van der Waals surface area contributed by atoms with E-state index in [1.165, 1.54) is 16.5 Å². The molecule has 0 aliphatic heterocycles. The minimum Gasteiger partial charge on any atom is -0.337 e. The molecule has 6 rings (SSSR count). The number of imidazole rings is 1. The van der Waals surface area contributed by atoms with Crippen LogP contribution in [0.3, 0.4) is 0 Å². The van der Waals surface area contributed by atoms with E-state index in [1.54, 1.807) is 17.5 Å². The number of thiophene rings is 1. The van der Waals surface area contributed by atoms with Gasteiger partial charge in [0.2, 0.25) is 0 Å². The summed E-state index contributed by atoms with van der Waals surface area (Å²) in [6, 6.07) is 19.7. The highest BCUT2D eigenvalue weighted by atomic mass is 32.1. The predicted octanol–water partition coefficient (Wildman–Crippen LogP) is 7.98. The number of benzene rings is 2. The van der Waals surface area contributed by atoms with E-state index >= 15 is 4.39 Å². The van der Waals surface area contributed by atoms with Crippen LogP contribution in [0.4, 0.5) is 4.39 Å². The van der Waals surface area contributed by atoms with Crippen LogP contribution < -0.4 is 5.32 Å². The summed E-state index contributed by atoms with van der Waals surface area (Å²) >= 11 is 1.68. The molecule has 0 fully saturated rings. The Kier molecular flexibility index (Phi) is 7.41. The molecule has 0 bridgehead atoms. The van der Waals surface area contributed by atoms with Crippen LogP contribution in [0.15, 0.2) is 97.2 Å². The van der Waals surface area contributed by atoms with Gasteiger partial charge in [-0.2, -0.15) is 5.10 Å². The Morgan fingerprint density at radius 3 is 2.71 bits per heavy atom. The molecule has 0 saturated carbocycles. The zero-order chi connectivity index (χ0) is 28.3. The van der Waals surface area contributed by atoms with Gasteiger partial charge < -0.3 is 10.3 Å². The Balaban J connectivity index is 1.34. The Labute approximate surface area is 241 Å². The van der Waals surface area contributed by atoms with Crippen LogP contribution in [0.25, 0.3) is 49.6 Å². The van der Waals surface area contributed by atoms with Crippen LogP contribution in [-0.2, 0) is 6.54 Å². The van der Waals surface area contributed by atoms with Gasteiger partial charge in [0.15, 0.2) is 11.6 Å². The number of halogens is 1. The number of rotatable bonds is 9. The highest BCUT2D eigenvalue weighted by Crippen LogP contribution is 2.34. The first-order valence-corrected chi connectivity index (χ1v) is 14.2. The second kappa shape index (κ2) is 11.4. The molecular formula is C33H29FN6S. The molecular weight excluding hydrogens is 531 g/mol. The zero-order valence-electron chi connectivity index (χ0n) is 22.8. The second-order valence-corrected chi connectivity index (χ2v) is 11.0. The molecule has 2 aromatic carbocycles. The molecule has 0 aliphatic carbocycles. The van der Waals surface area contributed by atoms with Gasteiger partial charge in [0.05, 0.1) is 10.4 Å². The summed E-state index contributed by atoms with van der Waals surface area (Å²) < 4.78 is 15.4. The fourth-order valence-corrected chi connectivity index (χ4v) is 5.75. The van der Waals surface area contributed by atoms with Gasteiger partial charge in [0.1, 0.15) is 22.4 Å². The number of nitrogens with one attached hydrogen (secondary N) is 3. The van der Waals surface area contributed by atoms with Crippen molar-refractivity contribution in [2.45, 2.75) is 20.4 Å². The van der Waals surface area contributed by atoms with Crippen molar-refractivity contribution in [1.29, 1.82) is 0 Å². The molecule has 0 saturated heterocycles. The van der Waals surface area contributed by atoms with E-state index in [0.29, 0.717) is 23.4 Å². The van der Waals surface area contributed by atoms with Gasteiger partial charge in [-0.15, -0.1) is 11.3 Å². The lowest BCUT2D eigenvalue weighted by molar-refractivity contribution is 0.636. The molecule has 204 valence electrons. The first-order chi connectivity index (χ1) is 20.0.